The fourth-order valence-electron chi connectivity index (χ4n) is 0.789. The number of carbonyl (C=O) groups is 1. The summed E-state index contributed by atoms with van der Waals surface area (Å²) in [6, 6.07) is 5.38. The minimum absolute atomic E-state index is 0.424. The summed E-state index contributed by atoms with van der Waals surface area (Å²) in [6.07, 6.45) is -0.685. The van der Waals surface area contributed by atoms with E-state index in [-0.39, 0.29) is 0 Å². The molecule has 0 aromatic carbocycles. The molecule has 0 spiro atoms. The molecule has 1 aromatic rings. The average molecular weight is 195 g/mol. The first kappa shape index (κ1) is 9.75. The zero-order valence-corrected chi connectivity index (χ0v) is 8.22. The summed E-state index contributed by atoms with van der Waals surface area (Å²) in [7, 11) is 0. The van der Waals surface area contributed by atoms with Crippen molar-refractivity contribution < 1.29 is 9.53 Å². The van der Waals surface area contributed by atoms with Gasteiger partial charge in [0.1, 0.15) is 10.9 Å². The number of aryl methyl sites for hydroxylation is 1. The number of esters is 1. The Balaban J connectivity index is 2.65. The summed E-state index contributed by atoms with van der Waals surface area (Å²) in [5, 5.41) is 8.41. The van der Waals surface area contributed by atoms with E-state index in [4.69, 9.17) is 10.00 Å². The van der Waals surface area contributed by atoms with Crippen LogP contribution in [-0.4, -0.2) is 12.1 Å². The first-order valence-electron chi connectivity index (χ1n) is 3.80. The molecule has 0 saturated carbocycles. The molecule has 1 atom stereocenters. The van der Waals surface area contributed by atoms with E-state index in [2.05, 4.69) is 0 Å². The van der Waals surface area contributed by atoms with Gasteiger partial charge in [0.25, 0.3) is 0 Å². The standard InChI is InChI=1S/C9H9NO2S/c1-6(5-10)12-9(11)8-4-3-7(2)13-8/h3-4,6H,1-2H3. The van der Waals surface area contributed by atoms with Gasteiger partial charge in [-0.3, -0.25) is 0 Å². The fourth-order valence-corrected chi connectivity index (χ4v) is 1.54. The number of ether oxygens (including phenoxy) is 1. The maximum absolute atomic E-state index is 11.3. The SMILES string of the molecule is Cc1ccc(C(=O)OC(C)C#N)s1. The molecule has 13 heavy (non-hydrogen) atoms. The predicted molar refractivity (Wildman–Crippen MR) is 49.5 cm³/mol. The normalized spacial score (nSPS) is 11.8. The Hall–Kier alpha value is -1.34. The summed E-state index contributed by atoms with van der Waals surface area (Å²) in [4.78, 5) is 12.9. The Morgan fingerprint density at radius 1 is 1.69 bits per heavy atom. The number of hydrogen-bond acceptors (Lipinski definition) is 4. The van der Waals surface area contributed by atoms with Gasteiger partial charge in [-0.15, -0.1) is 11.3 Å². The summed E-state index contributed by atoms with van der Waals surface area (Å²) < 4.78 is 4.81. The van der Waals surface area contributed by atoms with Crippen LogP contribution < -0.4 is 0 Å². The molecule has 0 aliphatic rings. The van der Waals surface area contributed by atoms with Crippen molar-refractivity contribution in [2.45, 2.75) is 20.0 Å². The van der Waals surface area contributed by atoms with Crippen molar-refractivity contribution in [3.8, 4) is 6.07 Å². The van der Waals surface area contributed by atoms with E-state index in [1.54, 1.807) is 13.0 Å². The van der Waals surface area contributed by atoms with Gasteiger partial charge in [-0.25, -0.2) is 4.79 Å². The number of hydrogen-bond donors (Lipinski definition) is 0. The van der Waals surface area contributed by atoms with Crippen molar-refractivity contribution in [3.63, 3.8) is 0 Å². The molecule has 0 aliphatic heterocycles. The quantitative estimate of drug-likeness (QED) is 0.679. The highest BCUT2D eigenvalue weighted by Gasteiger charge is 2.12. The molecule has 1 heterocycles. The molecule has 0 bridgehead atoms. The lowest BCUT2D eigenvalue weighted by Crippen LogP contribution is -2.11. The van der Waals surface area contributed by atoms with Gasteiger partial charge in [-0.05, 0) is 26.0 Å². The second kappa shape index (κ2) is 4.06. The van der Waals surface area contributed by atoms with Crippen molar-refractivity contribution in [2.75, 3.05) is 0 Å². The lowest BCUT2D eigenvalue weighted by Gasteiger charge is -2.02. The Bertz CT molecular complexity index is 351. The van der Waals surface area contributed by atoms with Crippen molar-refractivity contribution in [1.29, 1.82) is 5.26 Å². The van der Waals surface area contributed by atoms with Crippen LogP contribution in [0.2, 0.25) is 0 Å². The highest BCUT2D eigenvalue weighted by Crippen LogP contribution is 2.16. The molecule has 68 valence electrons. The fraction of sp³-hybridized carbons (Fsp3) is 0.333. The van der Waals surface area contributed by atoms with Gasteiger partial charge in [0, 0.05) is 4.88 Å². The smallest absolute Gasteiger partial charge is 0.349 e. The number of rotatable bonds is 2. The van der Waals surface area contributed by atoms with Gasteiger partial charge in [0.2, 0.25) is 0 Å². The number of carbonyl (C=O) groups excluding carboxylic acids is 1. The van der Waals surface area contributed by atoms with Gasteiger partial charge >= 0.3 is 5.97 Å². The second-order valence-electron chi connectivity index (χ2n) is 2.59. The topological polar surface area (TPSA) is 50.1 Å². The minimum atomic E-state index is -0.685. The Labute approximate surface area is 80.6 Å². The van der Waals surface area contributed by atoms with Crippen molar-refractivity contribution >= 4 is 17.3 Å². The lowest BCUT2D eigenvalue weighted by molar-refractivity contribution is 0.0441. The molecule has 0 amide bonds. The number of thiophene rings is 1. The average Bonchev–Trinajstić information content (AvgIpc) is 2.51. The van der Waals surface area contributed by atoms with Crippen LogP contribution in [0.1, 0.15) is 21.5 Å². The van der Waals surface area contributed by atoms with E-state index in [0.717, 1.165) is 4.88 Å². The second-order valence-corrected chi connectivity index (χ2v) is 3.87. The minimum Gasteiger partial charge on any atom is -0.443 e. The zero-order valence-electron chi connectivity index (χ0n) is 7.40. The third kappa shape index (κ3) is 2.56. The van der Waals surface area contributed by atoms with Crippen LogP contribution in [0.4, 0.5) is 0 Å². The molecule has 4 heteroatoms. The highest BCUT2D eigenvalue weighted by molar-refractivity contribution is 7.13. The van der Waals surface area contributed by atoms with E-state index in [1.165, 1.54) is 11.3 Å². The molecular weight excluding hydrogens is 186 g/mol. The van der Waals surface area contributed by atoms with Gasteiger partial charge in [-0.2, -0.15) is 5.26 Å². The molecule has 0 saturated heterocycles. The van der Waals surface area contributed by atoms with Crippen LogP contribution in [0.5, 0.6) is 0 Å². The van der Waals surface area contributed by atoms with E-state index in [9.17, 15) is 4.79 Å². The Morgan fingerprint density at radius 3 is 2.85 bits per heavy atom. The van der Waals surface area contributed by atoms with Gasteiger partial charge in [-0.1, -0.05) is 0 Å². The molecule has 1 aromatic heterocycles. The van der Waals surface area contributed by atoms with Crippen LogP contribution >= 0.6 is 11.3 Å². The molecular formula is C9H9NO2S. The van der Waals surface area contributed by atoms with Crippen LogP contribution in [0.25, 0.3) is 0 Å². The molecule has 0 fully saturated rings. The van der Waals surface area contributed by atoms with Gasteiger partial charge in [0.15, 0.2) is 6.10 Å². The zero-order chi connectivity index (χ0) is 9.84. The van der Waals surface area contributed by atoms with E-state index < -0.39 is 12.1 Å². The summed E-state index contributed by atoms with van der Waals surface area (Å²) in [6.45, 7) is 3.45. The van der Waals surface area contributed by atoms with Crippen LogP contribution in [0.15, 0.2) is 12.1 Å². The lowest BCUT2D eigenvalue weighted by atomic mass is 10.4. The molecule has 1 unspecified atom stereocenters. The number of nitriles is 1. The first-order valence-corrected chi connectivity index (χ1v) is 4.62. The highest BCUT2D eigenvalue weighted by atomic mass is 32.1. The number of nitrogens with zero attached hydrogens (tertiary/aromatic N) is 1. The Kier molecular flexibility index (Phi) is 3.04. The molecule has 0 N–H and O–H groups in total. The van der Waals surface area contributed by atoms with Crippen molar-refractivity contribution in [3.05, 3.63) is 21.9 Å². The Morgan fingerprint density at radius 2 is 2.38 bits per heavy atom. The van der Waals surface area contributed by atoms with E-state index >= 15 is 0 Å². The van der Waals surface area contributed by atoms with Crippen LogP contribution in [0, 0.1) is 18.3 Å². The summed E-state index contributed by atoms with van der Waals surface area (Å²) in [5.41, 5.74) is 0. The van der Waals surface area contributed by atoms with Crippen molar-refractivity contribution in [2.24, 2.45) is 0 Å². The van der Waals surface area contributed by atoms with E-state index in [1.807, 2.05) is 19.1 Å². The van der Waals surface area contributed by atoms with Crippen LogP contribution in [0.3, 0.4) is 0 Å². The van der Waals surface area contributed by atoms with Gasteiger partial charge in [0.05, 0.1) is 0 Å². The van der Waals surface area contributed by atoms with E-state index in [0.29, 0.717) is 4.88 Å². The molecule has 0 radical (unpaired) electrons. The molecule has 3 nitrogen and oxygen atoms in total. The monoisotopic (exact) mass is 195 g/mol. The summed E-state index contributed by atoms with van der Waals surface area (Å²) >= 11 is 1.36. The van der Waals surface area contributed by atoms with Crippen LogP contribution in [-0.2, 0) is 4.74 Å². The van der Waals surface area contributed by atoms with Crippen molar-refractivity contribution in [1.82, 2.24) is 0 Å². The molecule has 0 aliphatic carbocycles. The molecule has 1 rings (SSSR count). The third-order valence-electron chi connectivity index (χ3n) is 1.41. The predicted octanol–water partition coefficient (Wildman–Crippen LogP) is 2.13. The van der Waals surface area contributed by atoms with Gasteiger partial charge < -0.3 is 4.74 Å². The maximum Gasteiger partial charge on any atom is 0.349 e. The summed E-state index contributed by atoms with van der Waals surface area (Å²) in [5.74, 6) is -0.424. The third-order valence-corrected chi connectivity index (χ3v) is 2.39. The maximum atomic E-state index is 11.3. The largest absolute Gasteiger partial charge is 0.443 e. The first-order chi connectivity index (χ1) is 6.13.